The number of rotatable bonds is 21. The number of alkyl halides is 2. The van der Waals surface area contributed by atoms with Crippen LogP contribution >= 0.6 is 31.9 Å². The number of aromatic amines is 2. The molecule has 0 aliphatic carbocycles. The Morgan fingerprint density at radius 2 is 0.844 bits per heavy atom. The molecule has 0 bridgehead atoms. The number of aromatic nitrogens is 17. The van der Waals surface area contributed by atoms with Crippen LogP contribution in [0.3, 0.4) is 0 Å². The zero-order valence-electron chi connectivity index (χ0n) is 57.8. The maximum absolute atomic E-state index is 12.9. The second-order valence-corrected chi connectivity index (χ2v) is 26.8. The molecule has 1 aliphatic rings. The molecule has 11 heterocycles. The molecule has 1 aliphatic heterocycles. The van der Waals surface area contributed by atoms with Crippen LogP contribution in [0, 0.1) is 44.4 Å². The predicted octanol–water partition coefficient (Wildman–Crippen LogP) is 7.89. The molecule has 96 heavy (non-hydrogen) atoms. The zero-order valence-corrected chi connectivity index (χ0v) is 60.9. The Balaban J connectivity index is 0.000000193. The van der Waals surface area contributed by atoms with E-state index >= 15 is 0 Å². The first-order valence-electron chi connectivity index (χ1n) is 32.2. The highest BCUT2D eigenvalue weighted by Gasteiger charge is 2.20. The molecule has 11 rings (SSSR count). The number of imidazole rings is 3. The highest BCUT2D eigenvalue weighted by atomic mass is 79.9. The van der Waals surface area contributed by atoms with E-state index in [4.69, 9.17) is 13.6 Å². The lowest BCUT2D eigenvalue weighted by Crippen LogP contribution is -2.39. The second kappa shape index (κ2) is 35.9. The van der Waals surface area contributed by atoms with Gasteiger partial charge in [-0.25, -0.2) is 39.1 Å². The first kappa shape index (κ1) is 76.4. The molecule has 0 fully saturated rings. The summed E-state index contributed by atoms with van der Waals surface area (Å²) in [5.74, 6) is 5.10. The minimum absolute atomic E-state index is 0.267. The van der Waals surface area contributed by atoms with Crippen molar-refractivity contribution in [3.63, 3.8) is 0 Å². The summed E-state index contributed by atoms with van der Waals surface area (Å²) in [6, 6.07) is 5.80. The van der Waals surface area contributed by atoms with Gasteiger partial charge in [0.2, 0.25) is 0 Å². The first-order chi connectivity index (χ1) is 45.6. The van der Waals surface area contributed by atoms with E-state index in [0.29, 0.717) is 115 Å². The zero-order chi connectivity index (χ0) is 70.7. The van der Waals surface area contributed by atoms with Crippen LogP contribution in [0.1, 0.15) is 134 Å². The van der Waals surface area contributed by atoms with Crippen LogP contribution in [-0.4, -0.2) is 98.4 Å². The Bertz CT molecular complexity index is 4550. The number of H-pyrrole nitrogens is 2. The van der Waals surface area contributed by atoms with Crippen LogP contribution in [0.5, 0.6) is 0 Å². The number of unbranched alkanes of at least 4 members (excludes halogenated alkanes) is 3. The van der Waals surface area contributed by atoms with E-state index in [-0.39, 0.29) is 33.6 Å². The van der Waals surface area contributed by atoms with Crippen LogP contribution in [0.25, 0.3) is 33.5 Å². The van der Waals surface area contributed by atoms with Crippen LogP contribution in [0.15, 0.2) is 94.1 Å². The van der Waals surface area contributed by atoms with Gasteiger partial charge < -0.3 is 27.3 Å². The standard InChI is InChI=1S/2C18H25N5O3.C10H14N4O2.C8H12BrNO.C7H7N3O2.C4H9Br/c2*1-12(2)10-22-11-19-16-15(22)17(24)23(18(25)21(16)4)8-6-5-7-14-9-13(3)20-26-14;1-6(2)4-14-5-11-8-7(14)9(15)12-10(16)13(8)3;1-7-6-8(11-10-7)4-2-3-5-9;1-10-5-4(2-3-8-5)6(11)9-7(10)12;1-4(2)3-5/h2*9,11-12H,5-8,10H2,1-4H3;5-6H,4H2,1-3H3,(H,12,15,16);6H,2-5H2,1H3;3H,2H2,1H3,(H,9,11,12);4H,3H2,1-2H3. The Morgan fingerprint density at radius 1 is 0.479 bits per heavy atom. The number of nitrogens with zero attached hydrogens (tertiary/aromatic N) is 16. The summed E-state index contributed by atoms with van der Waals surface area (Å²) in [6.45, 7) is 25.3. The number of halogens is 2. The fourth-order valence-corrected chi connectivity index (χ4v) is 10.6. The van der Waals surface area contributed by atoms with Crippen molar-refractivity contribution in [1.29, 1.82) is 0 Å². The van der Waals surface area contributed by atoms with Gasteiger partial charge in [-0.05, 0) is 83.0 Å². The maximum atomic E-state index is 12.9. The summed E-state index contributed by atoms with van der Waals surface area (Å²) in [5.41, 5.74) is 3.24. The Kier molecular flexibility index (Phi) is 28.6. The van der Waals surface area contributed by atoms with E-state index in [1.807, 2.05) is 48.1 Å². The van der Waals surface area contributed by atoms with Crippen molar-refractivity contribution in [2.45, 2.75) is 173 Å². The molecule has 522 valence electrons. The molecule has 0 saturated carbocycles. The number of fused-ring (bicyclic) bond motifs is 4. The second-order valence-electron chi connectivity index (χ2n) is 25.4. The number of hydrogen-bond donors (Lipinski definition) is 2. The van der Waals surface area contributed by atoms with Gasteiger partial charge in [-0.2, -0.15) is 0 Å². The van der Waals surface area contributed by atoms with Gasteiger partial charge in [0.15, 0.2) is 33.5 Å². The summed E-state index contributed by atoms with van der Waals surface area (Å²) >= 11 is 6.70. The highest BCUT2D eigenvalue weighted by molar-refractivity contribution is 9.09. The van der Waals surface area contributed by atoms with Crippen LogP contribution in [-0.2, 0) is 86.6 Å². The van der Waals surface area contributed by atoms with Gasteiger partial charge >= 0.3 is 22.8 Å². The van der Waals surface area contributed by atoms with Gasteiger partial charge in [0.1, 0.15) is 23.1 Å². The third kappa shape index (κ3) is 20.5. The van der Waals surface area contributed by atoms with Crippen LogP contribution in [0.4, 0.5) is 5.82 Å². The van der Waals surface area contributed by atoms with Crippen LogP contribution in [0.2, 0.25) is 0 Å². The summed E-state index contributed by atoms with van der Waals surface area (Å²) in [6.07, 6.45) is 14.9. The molecule has 0 radical (unpaired) electrons. The molecule has 10 aromatic heterocycles. The van der Waals surface area contributed by atoms with E-state index in [1.165, 1.54) is 40.2 Å². The van der Waals surface area contributed by atoms with Gasteiger partial charge in [0.05, 0.1) is 41.6 Å². The normalized spacial score (nSPS) is 11.6. The highest BCUT2D eigenvalue weighted by Crippen LogP contribution is 2.17. The molecule has 0 atom stereocenters. The smallest absolute Gasteiger partial charge is 0.332 e. The van der Waals surface area contributed by atoms with E-state index in [1.54, 1.807) is 58.0 Å². The number of hydrogen-bond acceptors (Lipinski definition) is 18. The van der Waals surface area contributed by atoms with Crippen molar-refractivity contribution >= 4 is 77.4 Å². The molecule has 10 aromatic rings. The van der Waals surface area contributed by atoms with E-state index in [2.05, 4.69) is 133 Å². The van der Waals surface area contributed by atoms with E-state index in [9.17, 15) is 38.4 Å². The minimum Gasteiger partial charge on any atom is -0.361 e. The maximum Gasteiger partial charge on any atom is 0.332 e. The largest absolute Gasteiger partial charge is 0.361 e. The average molecular weight is 1460 g/mol. The average Bonchev–Trinajstić information content (AvgIpc) is 1.54. The first-order valence-corrected chi connectivity index (χ1v) is 34.5. The van der Waals surface area contributed by atoms with Crippen molar-refractivity contribution in [2.75, 3.05) is 10.7 Å². The van der Waals surface area contributed by atoms with Crippen molar-refractivity contribution in [3.8, 4) is 0 Å². The summed E-state index contributed by atoms with van der Waals surface area (Å²) in [7, 11) is 6.49. The molecule has 0 amide bonds. The van der Waals surface area contributed by atoms with Crippen molar-refractivity contribution in [2.24, 2.45) is 56.9 Å². The predicted molar refractivity (Wildman–Crippen MR) is 378 cm³/mol. The Labute approximate surface area is 570 Å². The summed E-state index contributed by atoms with van der Waals surface area (Å²) in [5, 5.41) is 13.7. The SMILES string of the molecule is CC(C)CBr.CC(C)Cn1cnc2c1c(=O)[nH]c(=O)n2C.Cc1cc(CCCCBr)on1.Cc1cc(CCCCn2c(=O)c3c(ncn3CC(C)C)n(C)c2=O)on1.Cc1cc(CCCCn2c(=O)c3c(ncn3CC(C)C)n(C)c2=O)on1.Cn1c2c(c(=O)[nH]c1=O)CC=N2. The number of aryl methyl sites for hydroxylation is 9. The van der Waals surface area contributed by atoms with Gasteiger partial charge in [-0.3, -0.25) is 56.5 Å². The third-order valence-electron chi connectivity index (χ3n) is 14.9. The fraction of sp³-hybridized carbons (Fsp3) is 0.554. The summed E-state index contributed by atoms with van der Waals surface area (Å²) in [4.78, 5) is 117. The van der Waals surface area contributed by atoms with Gasteiger partial charge in [-0.15, -0.1) is 0 Å². The lowest BCUT2D eigenvalue weighted by Gasteiger charge is -2.10. The van der Waals surface area contributed by atoms with Crippen molar-refractivity contribution in [3.05, 3.63) is 160 Å². The summed E-state index contributed by atoms with van der Waals surface area (Å²) < 4.78 is 29.1. The minimum atomic E-state index is -0.438. The van der Waals surface area contributed by atoms with Gasteiger partial charge in [0, 0.05) is 122 Å². The van der Waals surface area contributed by atoms with Crippen molar-refractivity contribution in [1.82, 2.24) is 81.5 Å². The van der Waals surface area contributed by atoms with Gasteiger partial charge in [0.25, 0.3) is 22.2 Å². The molecule has 0 unspecified atom stereocenters. The fourth-order valence-electron chi connectivity index (χ4n) is 10.2. The Morgan fingerprint density at radius 3 is 1.21 bits per heavy atom. The van der Waals surface area contributed by atoms with Gasteiger partial charge in [-0.1, -0.05) is 103 Å². The molecule has 0 spiro atoms. The lowest BCUT2D eigenvalue weighted by atomic mass is 10.2. The number of nitrogens with one attached hydrogen (secondary N) is 2. The third-order valence-corrected chi connectivity index (χ3v) is 16.8. The molecule has 0 saturated heterocycles. The van der Waals surface area contributed by atoms with Crippen molar-refractivity contribution < 1.29 is 13.6 Å². The van der Waals surface area contributed by atoms with E-state index < -0.39 is 11.4 Å². The van der Waals surface area contributed by atoms with Crippen LogP contribution < -0.4 is 45.0 Å². The molecule has 29 nitrogen and oxygen atoms in total. The quantitative estimate of drug-likeness (QED) is 0.0510. The lowest BCUT2D eigenvalue weighted by molar-refractivity contribution is 0.374. The Hall–Kier alpha value is -8.61. The van der Waals surface area contributed by atoms with E-state index in [0.717, 1.165) is 83.0 Å². The molecular weight excluding hydrogens is 1370 g/mol. The topological polar surface area (TPSA) is 342 Å². The molecule has 31 heteroatoms. The molecule has 0 aromatic carbocycles. The number of aliphatic imine (C=N–C) groups is 1. The monoisotopic (exact) mass is 1460 g/mol. The molecule has 2 N–H and O–H groups in total. The molecular formula is C65H92Br2N18O11.